The molecule has 1 aliphatic carbocycles. The van der Waals surface area contributed by atoms with E-state index in [0.717, 1.165) is 33.7 Å². The Balaban J connectivity index is 1.71. The summed E-state index contributed by atoms with van der Waals surface area (Å²) in [6.45, 7) is 0.847. The number of amides is 1. The topological polar surface area (TPSA) is 145 Å². The van der Waals surface area contributed by atoms with Gasteiger partial charge in [-0.2, -0.15) is 0 Å². The highest BCUT2D eigenvalue weighted by molar-refractivity contribution is 7.92. The van der Waals surface area contributed by atoms with Gasteiger partial charge in [0.05, 0.1) is 35.3 Å². The van der Waals surface area contributed by atoms with Gasteiger partial charge in [-0.25, -0.2) is 13.2 Å². The molecule has 0 atom stereocenters. The molecule has 11 nitrogen and oxygen atoms in total. The summed E-state index contributed by atoms with van der Waals surface area (Å²) < 4.78 is 38.3. The van der Waals surface area contributed by atoms with Crippen molar-refractivity contribution in [2.24, 2.45) is 0 Å². The Morgan fingerprint density at radius 3 is 2.47 bits per heavy atom. The Kier molecular flexibility index (Phi) is 7.69. The number of benzene rings is 2. The first-order valence-electron chi connectivity index (χ1n) is 11.5. The molecule has 0 radical (unpaired) electrons. The van der Waals surface area contributed by atoms with Gasteiger partial charge in [-0.05, 0) is 62.1 Å². The number of anilines is 2. The van der Waals surface area contributed by atoms with Crippen LogP contribution >= 0.6 is 11.3 Å². The Hall–Kier alpha value is -3.97. The molecule has 1 aliphatic rings. The lowest BCUT2D eigenvalue weighted by Crippen LogP contribution is -2.38. The van der Waals surface area contributed by atoms with Gasteiger partial charge in [0.2, 0.25) is 5.91 Å². The second kappa shape index (κ2) is 10.8. The number of rotatable bonds is 9. The van der Waals surface area contributed by atoms with Gasteiger partial charge in [-0.1, -0.05) is 6.07 Å². The van der Waals surface area contributed by atoms with Crippen LogP contribution in [-0.4, -0.2) is 46.0 Å². The van der Waals surface area contributed by atoms with Crippen molar-refractivity contribution in [1.29, 1.82) is 0 Å². The molecular formula is C25H25N3O8S2. The molecule has 0 saturated heterocycles. The molecule has 0 spiro atoms. The van der Waals surface area contributed by atoms with E-state index >= 15 is 0 Å². The largest absolute Gasteiger partial charge is 0.497 e. The van der Waals surface area contributed by atoms with E-state index < -0.39 is 33.4 Å². The zero-order valence-corrected chi connectivity index (χ0v) is 22.5. The minimum Gasteiger partial charge on any atom is -0.497 e. The summed E-state index contributed by atoms with van der Waals surface area (Å²) in [5, 5.41) is 14.4. The van der Waals surface area contributed by atoms with Gasteiger partial charge in [0.15, 0.2) is 0 Å². The fraction of sp³-hybridized carbons (Fsp3) is 0.280. The van der Waals surface area contributed by atoms with Gasteiger partial charge >= 0.3 is 5.97 Å². The summed E-state index contributed by atoms with van der Waals surface area (Å²) in [4.78, 5) is 37.1. The van der Waals surface area contributed by atoms with Crippen LogP contribution in [-0.2, 0) is 32.4 Å². The van der Waals surface area contributed by atoms with Crippen molar-refractivity contribution in [3.05, 3.63) is 74.1 Å². The molecule has 1 heterocycles. The van der Waals surface area contributed by atoms with Crippen LogP contribution in [0.15, 0.2) is 47.4 Å². The molecule has 200 valence electrons. The first-order valence-corrected chi connectivity index (χ1v) is 13.8. The molecule has 38 heavy (non-hydrogen) atoms. The summed E-state index contributed by atoms with van der Waals surface area (Å²) in [6, 6.07) is 9.56. The molecular weight excluding hydrogens is 534 g/mol. The second-order valence-corrected chi connectivity index (χ2v) is 11.5. The van der Waals surface area contributed by atoms with Crippen LogP contribution < -0.4 is 14.4 Å². The van der Waals surface area contributed by atoms with Gasteiger partial charge in [0.25, 0.3) is 15.7 Å². The molecule has 13 heteroatoms. The number of hydrogen-bond acceptors (Lipinski definition) is 9. The van der Waals surface area contributed by atoms with Gasteiger partial charge in [-0.15, -0.1) is 11.3 Å². The molecule has 0 unspecified atom stereocenters. The Labute approximate surface area is 223 Å². The predicted molar refractivity (Wildman–Crippen MR) is 142 cm³/mol. The van der Waals surface area contributed by atoms with Gasteiger partial charge in [-0.3, -0.25) is 19.2 Å². The van der Waals surface area contributed by atoms with Gasteiger partial charge in [0, 0.05) is 16.5 Å². The minimum absolute atomic E-state index is 0.144. The molecule has 0 fully saturated rings. The Bertz CT molecular complexity index is 1510. The van der Waals surface area contributed by atoms with E-state index in [9.17, 15) is 28.1 Å². The number of nitrogens with zero attached hydrogens (tertiary/aromatic N) is 2. The maximum Gasteiger partial charge on any atom is 0.341 e. The summed E-state index contributed by atoms with van der Waals surface area (Å²) in [5.74, 6) is -0.806. The Morgan fingerprint density at radius 1 is 1.13 bits per heavy atom. The number of nitrogens with one attached hydrogen (secondary N) is 1. The van der Waals surface area contributed by atoms with Crippen molar-refractivity contribution in [1.82, 2.24) is 0 Å². The summed E-state index contributed by atoms with van der Waals surface area (Å²) in [7, 11) is -1.71. The highest BCUT2D eigenvalue weighted by atomic mass is 32.2. The number of carbonyl (C=O) groups is 2. The SMILES string of the molecule is COC(=O)c1c(NC(=O)CN(c2ccc(OC)cc2)S(=O)(=O)c2ccc(C)c([N+](=O)[O-])c2)sc2c1CCC2. The first kappa shape index (κ1) is 27.1. The zero-order valence-electron chi connectivity index (χ0n) is 20.8. The van der Waals surface area contributed by atoms with Crippen molar-refractivity contribution in [2.45, 2.75) is 31.1 Å². The smallest absolute Gasteiger partial charge is 0.341 e. The van der Waals surface area contributed by atoms with Crippen LogP contribution in [0.1, 0.15) is 32.8 Å². The fourth-order valence-electron chi connectivity index (χ4n) is 4.24. The van der Waals surface area contributed by atoms with Crippen LogP contribution in [0.2, 0.25) is 0 Å². The number of ether oxygens (including phenoxy) is 2. The molecule has 0 saturated carbocycles. The van der Waals surface area contributed by atoms with E-state index in [2.05, 4.69) is 5.32 Å². The lowest BCUT2D eigenvalue weighted by molar-refractivity contribution is -0.385. The number of aryl methyl sites for hydroxylation is 2. The van der Waals surface area contributed by atoms with Crippen LogP contribution in [0.3, 0.4) is 0 Å². The number of nitro benzene ring substituents is 1. The standard InChI is InChI=1S/C25H25N3O8S2/c1-15-7-12-18(13-20(15)28(31)32)38(33,34)27(16-8-10-17(35-2)11-9-16)14-22(29)26-24-23(25(30)36-3)19-5-4-6-21(19)37-24/h7-13H,4-6,14H2,1-3H3,(H,26,29). The van der Waals surface area contributed by atoms with E-state index in [1.807, 2.05) is 0 Å². The Morgan fingerprint density at radius 2 is 1.84 bits per heavy atom. The maximum atomic E-state index is 13.7. The van der Waals surface area contributed by atoms with Crippen LogP contribution in [0.4, 0.5) is 16.4 Å². The third kappa shape index (κ3) is 5.20. The predicted octanol–water partition coefficient (Wildman–Crippen LogP) is 4.08. The number of methoxy groups -OCH3 is 2. The first-order chi connectivity index (χ1) is 18.1. The third-order valence-electron chi connectivity index (χ3n) is 6.18. The van der Waals surface area contributed by atoms with Crippen molar-refractivity contribution in [3.8, 4) is 5.75 Å². The minimum atomic E-state index is -4.42. The number of nitro groups is 1. The lowest BCUT2D eigenvalue weighted by atomic mass is 10.1. The van der Waals surface area contributed by atoms with Gasteiger partial charge in [0.1, 0.15) is 17.3 Å². The number of sulfonamides is 1. The molecule has 1 amide bonds. The highest BCUT2D eigenvalue weighted by Gasteiger charge is 2.32. The highest BCUT2D eigenvalue weighted by Crippen LogP contribution is 2.39. The summed E-state index contributed by atoms with van der Waals surface area (Å²) in [5.41, 5.74) is 1.20. The summed E-state index contributed by atoms with van der Waals surface area (Å²) >= 11 is 1.27. The normalized spacial score (nSPS) is 12.5. The molecule has 2 aromatic carbocycles. The number of hydrogen-bond donors (Lipinski definition) is 1. The van der Waals surface area contributed by atoms with Crippen LogP contribution in [0.25, 0.3) is 0 Å². The average molecular weight is 560 g/mol. The van der Waals surface area contributed by atoms with Crippen LogP contribution in [0, 0.1) is 17.0 Å². The lowest BCUT2D eigenvalue weighted by Gasteiger charge is -2.24. The van der Waals surface area contributed by atoms with E-state index in [-0.39, 0.29) is 21.8 Å². The third-order valence-corrected chi connectivity index (χ3v) is 9.15. The molecule has 3 aromatic rings. The number of thiophene rings is 1. The monoisotopic (exact) mass is 559 g/mol. The molecule has 0 bridgehead atoms. The number of carbonyl (C=O) groups excluding carboxylic acids is 2. The van der Waals surface area contributed by atoms with Crippen molar-refractivity contribution >= 4 is 49.6 Å². The number of esters is 1. The molecule has 0 aliphatic heterocycles. The van der Waals surface area contributed by atoms with E-state index in [1.54, 1.807) is 0 Å². The zero-order chi connectivity index (χ0) is 27.6. The fourth-order valence-corrected chi connectivity index (χ4v) is 6.98. The average Bonchev–Trinajstić information content (AvgIpc) is 3.47. The van der Waals surface area contributed by atoms with E-state index in [1.165, 1.54) is 68.9 Å². The van der Waals surface area contributed by atoms with E-state index in [4.69, 9.17) is 9.47 Å². The van der Waals surface area contributed by atoms with Crippen molar-refractivity contribution in [3.63, 3.8) is 0 Å². The molecule has 1 N–H and O–H groups in total. The van der Waals surface area contributed by atoms with Gasteiger partial charge < -0.3 is 14.8 Å². The molecule has 4 rings (SSSR count). The molecule has 1 aromatic heterocycles. The van der Waals surface area contributed by atoms with E-state index in [0.29, 0.717) is 22.7 Å². The van der Waals surface area contributed by atoms with Crippen molar-refractivity contribution < 1.29 is 32.4 Å². The summed E-state index contributed by atoms with van der Waals surface area (Å²) in [6.07, 6.45) is 2.36. The quantitative estimate of drug-likeness (QED) is 0.234. The maximum absolute atomic E-state index is 13.7. The van der Waals surface area contributed by atoms with Crippen molar-refractivity contribution in [2.75, 3.05) is 30.4 Å². The van der Waals surface area contributed by atoms with Crippen LogP contribution in [0.5, 0.6) is 5.75 Å². The number of fused-ring (bicyclic) bond motifs is 1. The second-order valence-electron chi connectivity index (χ2n) is 8.52.